The molecule has 2 aliphatic heterocycles. The number of hydrogen-bond donors (Lipinski definition) is 1. The SMILES string of the molecule is COc1cccc(CN2CCCC3(CCN(C(=O)NCc4cccnc4)C3)C2)c1. The van der Waals surface area contributed by atoms with Gasteiger partial charge in [-0.2, -0.15) is 0 Å². The van der Waals surface area contributed by atoms with Gasteiger partial charge in [0.2, 0.25) is 0 Å². The van der Waals surface area contributed by atoms with E-state index in [9.17, 15) is 4.79 Å². The third-order valence-electron chi connectivity index (χ3n) is 6.17. The van der Waals surface area contributed by atoms with Gasteiger partial charge >= 0.3 is 6.03 Å². The molecule has 0 aliphatic carbocycles. The number of nitrogens with zero attached hydrogens (tertiary/aromatic N) is 3. The van der Waals surface area contributed by atoms with Crippen LogP contribution in [0.15, 0.2) is 48.8 Å². The van der Waals surface area contributed by atoms with E-state index in [0.29, 0.717) is 6.54 Å². The summed E-state index contributed by atoms with van der Waals surface area (Å²) in [7, 11) is 1.71. The smallest absolute Gasteiger partial charge is 0.317 e. The maximum atomic E-state index is 12.7. The number of carbonyl (C=O) groups excluding carboxylic acids is 1. The third kappa shape index (κ3) is 4.88. The van der Waals surface area contributed by atoms with Gasteiger partial charge in [0.25, 0.3) is 0 Å². The summed E-state index contributed by atoms with van der Waals surface area (Å²) in [6.07, 6.45) is 7.02. The Labute approximate surface area is 172 Å². The minimum absolute atomic E-state index is 0.0376. The molecule has 2 aliphatic rings. The lowest BCUT2D eigenvalue weighted by atomic mass is 9.79. The number of methoxy groups -OCH3 is 1. The second-order valence-electron chi connectivity index (χ2n) is 8.36. The van der Waals surface area contributed by atoms with E-state index in [-0.39, 0.29) is 11.4 Å². The van der Waals surface area contributed by atoms with Crippen LogP contribution in [0.3, 0.4) is 0 Å². The Bertz CT molecular complexity index is 829. The van der Waals surface area contributed by atoms with Crippen molar-refractivity contribution >= 4 is 6.03 Å². The van der Waals surface area contributed by atoms with Crippen LogP contribution in [-0.4, -0.2) is 54.1 Å². The Morgan fingerprint density at radius 1 is 1.17 bits per heavy atom. The number of aromatic nitrogens is 1. The number of hydrogen-bond acceptors (Lipinski definition) is 4. The normalized spacial score (nSPS) is 22.0. The number of urea groups is 1. The van der Waals surface area contributed by atoms with Crippen molar-refractivity contribution in [3.8, 4) is 5.75 Å². The standard InChI is InChI=1S/C23H30N4O2/c1-29-21-7-2-5-19(13-21)16-26-11-4-8-23(17-26)9-12-27(18-23)22(28)25-15-20-6-3-10-24-14-20/h2-3,5-7,10,13-14H,4,8-9,11-12,15-18H2,1H3,(H,25,28). The fraction of sp³-hybridized carbons (Fsp3) is 0.478. The van der Waals surface area contributed by atoms with Gasteiger partial charge in [-0.05, 0) is 55.1 Å². The zero-order valence-corrected chi connectivity index (χ0v) is 17.1. The molecule has 0 bridgehead atoms. The highest BCUT2D eigenvalue weighted by Crippen LogP contribution is 2.39. The van der Waals surface area contributed by atoms with Crippen molar-refractivity contribution in [3.05, 3.63) is 59.9 Å². The van der Waals surface area contributed by atoms with Crippen molar-refractivity contribution in [2.24, 2.45) is 5.41 Å². The van der Waals surface area contributed by atoms with Gasteiger partial charge in [-0.1, -0.05) is 18.2 Å². The first-order chi connectivity index (χ1) is 14.2. The number of likely N-dealkylation sites (tertiary alicyclic amines) is 2. The summed E-state index contributed by atoms with van der Waals surface area (Å²) in [5.41, 5.74) is 2.53. The first kappa shape index (κ1) is 19.7. The lowest BCUT2D eigenvalue weighted by molar-refractivity contribution is 0.0897. The molecule has 6 nitrogen and oxygen atoms in total. The Morgan fingerprint density at radius 2 is 2.07 bits per heavy atom. The second kappa shape index (κ2) is 8.82. The molecule has 1 unspecified atom stereocenters. The molecule has 1 N–H and O–H groups in total. The fourth-order valence-corrected chi connectivity index (χ4v) is 4.71. The van der Waals surface area contributed by atoms with Gasteiger partial charge in [0.05, 0.1) is 7.11 Å². The number of pyridine rings is 1. The van der Waals surface area contributed by atoms with Crippen LogP contribution in [0.5, 0.6) is 5.75 Å². The molecular formula is C23H30N4O2. The van der Waals surface area contributed by atoms with Crippen molar-refractivity contribution in [2.45, 2.75) is 32.4 Å². The molecular weight excluding hydrogens is 364 g/mol. The molecule has 1 aromatic heterocycles. The zero-order valence-electron chi connectivity index (χ0n) is 17.1. The summed E-state index contributed by atoms with van der Waals surface area (Å²) < 4.78 is 5.36. The van der Waals surface area contributed by atoms with E-state index in [4.69, 9.17) is 4.74 Å². The topological polar surface area (TPSA) is 57.7 Å². The minimum atomic E-state index is 0.0376. The summed E-state index contributed by atoms with van der Waals surface area (Å²) >= 11 is 0. The molecule has 2 fully saturated rings. The van der Waals surface area contributed by atoms with Crippen LogP contribution in [0.4, 0.5) is 4.79 Å². The molecule has 3 heterocycles. The van der Waals surface area contributed by atoms with E-state index in [0.717, 1.165) is 50.5 Å². The van der Waals surface area contributed by atoms with Crippen LogP contribution < -0.4 is 10.1 Å². The van der Waals surface area contributed by atoms with Crippen LogP contribution >= 0.6 is 0 Å². The van der Waals surface area contributed by atoms with Crippen LogP contribution in [0.25, 0.3) is 0 Å². The van der Waals surface area contributed by atoms with Crippen LogP contribution in [-0.2, 0) is 13.1 Å². The molecule has 6 heteroatoms. The third-order valence-corrected chi connectivity index (χ3v) is 6.17. The van der Waals surface area contributed by atoms with E-state index in [1.807, 2.05) is 23.1 Å². The van der Waals surface area contributed by atoms with Crippen molar-refractivity contribution in [1.82, 2.24) is 20.1 Å². The molecule has 4 rings (SSSR count). The first-order valence-corrected chi connectivity index (χ1v) is 10.4. The lowest BCUT2D eigenvalue weighted by Crippen LogP contribution is -2.46. The number of carbonyl (C=O) groups is 1. The van der Waals surface area contributed by atoms with Crippen molar-refractivity contribution < 1.29 is 9.53 Å². The Hall–Kier alpha value is -2.60. The average molecular weight is 395 g/mol. The van der Waals surface area contributed by atoms with Gasteiger partial charge in [-0.3, -0.25) is 9.88 Å². The van der Waals surface area contributed by atoms with E-state index in [2.05, 4.69) is 33.4 Å². The highest BCUT2D eigenvalue weighted by molar-refractivity contribution is 5.74. The molecule has 0 radical (unpaired) electrons. The number of piperidine rings is 1. The molecule has 1 aromatic carbocycles. The molecule has 1 spiro atoms. The maximum absolute atomic E-state index is 12.7. The van der Waals surface area contributed by atoms with E-state index in [1.165, 1.54) is 18.4 Å². The van der Waals surface area contributed by atoms with Crippen LogP contribution in [0.2, 0.25) is 0 Å². The summed E-state index contributed by atoms with van der Waals surface area (Å²) in [5.74, 6) is 0.909. The number of benzene rings is 1. The summed E-state index contributed by atoms with van der Waals surface area (Å²) in [4.78, 5) is 21.3. The van der Waals surface area contributed by atoms with Gasteiger partial charge < -0.3 is 15.0 Å². The molecule has 1 atom stereocenters. The Balaban J connectivity index is 1.32. The highest BCUT2D eigenvalue weighted by atomic mass is 16.5. The van der Waals surface area contributed by atoms with E-state index in [1.54, 1.807) is 19.5 Å². The average Bonchev–Trinajstić information content (AvgIpc) is 3.16. The summed E-state index contributed by atoms with van der Waals surface area (Å²) in [6, 6.07) is 12.2. The van der Waals surface area contributed by atoms with Gasteiger partial charge in [0.15, 0.2) is 0 Å². The predicted octanol–water partition coefficient (Wildman–Crippen LogP) is 3.29. The molecule has 2 aromatic rings. The number of rotatable bonds is 5. The van der Waals surface area contributed by atoms with Crippen molar-refractivity contribution in [2.75, 3.05) is 33.3 Å². The Kier molecular flexibility index (Phi) is 6.00. The van der Waals surface area contributed by atoms with Crippen molar-refractivity contribution in [3.63, 3.8) is 0 Å². The molecule has 29 heavy (non-hydrogen) atoms. The molecule has 0 saturated carbocycles. The Morgan fingerprint density at radius 3 is 2.90 bits per heavy atom. The van der Waals surface area contributed by atoms with E-state index >= 15 is 0 Å². The van der Waals surface area contributed by atoms with Gasteiger partial charge in [0, 0.05) is 50.5 Å². The number of nitrogens with one attached hydrogen (secondary N) is 1. The van der Waals surface area contributed by atoms with Gasteiger partial charge in [-0.15, -0.1) is 0 Å². The quantitative estimate of drug-likeness (QED) is 0.846. The second-order valence-corrected chi connectivity index (χ2v) is 8.36. The molecule has 2 saturated heterocycles. The minimum Gasteiger partial charge on any atom is -0.497 e. The summed E-state index contributed by atoms with van der Waals surface area (Å²) in [5, 5.41) is 3.05. The largest absolute Gasteiger partial charge is 0.497 e. The zero-order chi connectivity index (χ0) is 20.1. The van der Waals surface area contributed by atoms with Gasteiger partial charge in [0.1, 0.15) is 5.75 Å². The number of ether oxygens (including phenoxy) is 1. The van der Waals surface area contributed by atoms with Crippen molar-refractivity contribution in [1.29, 1.82) is 0 Å². The lowest BCUT2D eigenvalue weighted by Gasteiger charge is -2.40. The number of amides is 2. The predicted molar refractivity (Wildman–Crippen MR) is 113 cm³/mol. The monoisotopic (exact) mass is 394 g/mol. The van der Waals surface area contributed by atoms with Crippen LogP contribution in [0.1, 0.15) is 30.4 Å². The van der Waals surface area contributed by atoms with E-state index < -0.39 is 0 Å². The first-order valence-electron chi connectivity index (χ1n) is 10.4. The molecule has 154 valence electrons. The highest BCUT2D eigenvalue weighted by Gasteiger charge is 2.42. The molecule has 2 amide bonds. The fourth-order valence-electron chi connectivity index (χ4n) is 4.71. The summed E-state index contributed by atoms with van der Waals surface area (Å²) in [6.45, 7) is 5.32. The van der Waals surface area contributed by atoms with Gasteiger partial charge in [-0.25, -0.2) is 4.79 Å². The maximum Gasteiger partial charge on any atom is 0.317 e. The van der Waals surface area contributed by atoms with Crippen LogP contribution in [0, 0.1) is 5.41 Å².